The molecule has 0 spiro atoms. The molecule has 1 aromatic heterocycles. The highest BCUT2D eigenvalue weighted by atomic mass is 35.5. The molecule has 0 amide bonds. The molecule has 168 valence electrons. The minimum absolute atomic E-state index is 0.212. The lowest BCUT2D eigenvalue weighted by Crippen LogP contribution is -2.23. The van der Waals surface area contributed by atoms with Crippen molar-refractivity contribution in [3.8, 4) is 0 Å². The Labute approximate surface area is 195 Å². The van der Waals surface area contributed by atoms with Crippen LogP contribution in [-0.4, -0.2) is 29.3 Å². The molecule has 8 heteroatoms. The van der Waals surface area contributed by atoms with Gasteiger partial charge in [0.1, 0.15) is 18.0 Å². The van der Waals surface area contributed by atoms with Gasteiger partial charge in [-0.3, -0.25) is 4.18 Å². The highest BCUT2D eigenvalue weighted by Crippen LogP contribution is 2.34. The van der Waals surface area contributed by atoms with Crippen molar-refractivity contribution in [2.75, 3.05) is 18.5 Å². The van der Waals surface area contributed by atoms with Gasteiger partial charge < -0.3 is 15.1 Å². The lowest BCUT2D eigenvalue weighted by Gasteiger charge is -2.29. The van der Waals surface area contributed by atoms with Gasteiger partial charge in [0.25, 0.3) is 0 Å². The molecule has 0 aliphatic heterocycles. The highest BCUT2D eigenvalue weighted by molar-refractivity contribution is 7.93. The first-order chi connectivity index (χ1) is 14.7. The standard InChI is InChI=1S/C22H34ClN3O2S2/c23-20-13-24-22(25-18-7-2-1-3-8-18)12-19(20)21(15-29)26-30-28-14-17(9-10-27)11-16-5-4-6-16/h12-13,15-18,26-27,29H,1-11,14H2,(H,24,25)/b21-15-. The van der Waals surface area contributed by atoms with Gasteiger partial charge in [-0.1, -0.05) is 50.1 Å². The Kier molecular flexibility index (Phi) is 10.5. The Morgan fingerprint density at radius 1 is 1.30 bits per heavy atom. The van der Waals surface area contributed by atoms with Crippen molar-refractivity contribution in [1.82, 2.24) is 9.71 Å². The van der Waals surface area contributed by atoms with Crippen molar-refractivity contribution in [3.63, 3.8) is 0 Å². The predicted octanol–water partition coefficient (Wildman–Crippen LogP) is 6.07. The molecule has 0 bridgehead atoms. The number of nitrogens with zero attached hydrogens (tertiary/aromatic N) is 1. The SMILES string of the molecule is OCCC(COSN/C(=C\S)c1cc(NC2CCCCC2)ncc1Cl)CC1CCC1. The van der Waals surface area contributed by atoms with Crippen molar-refractivity contribution >= 4 is 48.0 Å². The van der Waals surface area contributed by atoms with Crippen LogP contribution in [0.25, 0.3) is 5.70 Å². The summed E-state index contributed by atoms with van der Waals surface area (Å²) in [5.41, 5.74) is 1.62. The first kappa shape index (κ1) is 24.1. The lowest BCUT2D eigenvalue weighted by molar-refractivity contribution is 0.164. The number of nitrogens with one attached hydrogen (secondary N) is 2. The van der Waals surface area contributed by atoms with E-state index >= 15 is 0 Å². The summed E-state index contributed by atoms with van der Waals surface area (Å²) in [6.45, 7) is 0.831. The summed E-state index contributed by atoms with van der Waals surface area (Å²) in [4.78, 5) is 4.45. The molecule has 1 unspecified atom stereocenters. The molecule has 1 heterocycles. The van der Waals surface area contributed by atoms with E-state index < -0.39 is 0 Å². The fraction of sp³-hybridized carbons (Fsp3) is 0.682. The van der Waals surface area contributed by atoms with Gasteiger partial charge in [-0.15, -0.1) is 12.6 Å². The number of aliphatic hydroxyl groups excluding tert-OH is 1. The third kappa shape index (κ3) is 7.52. The number of pyridine rings is 1. The Morgan fingerprint density at radius 3 is 2.77 bits per heavy atom. The number of rotatable bonds is 12. The Morgan fingerprint density at radius 2 is 2.10 bits per heavy atom. The molecular weight excluding hydrogens is 438 g/mol. The fourth-order valence-electron chi connectivity index (χ4n) is 4.19. The normalized spacial score (nSPS) is 19.4. The molecule has 1 aromatic rings. The van der Waals surface area contributed by atoms with Crippen LogP contribution in [0.15, 0.2) is 17.7 Å². The van der Waals surface area contributed by atoms with Crippen LogP contribution in [0.4, 0.5) is 5.82 Å². The number of thiol groups is 1. The highest BCUT2D eigenvalue weighted by Gasteiger charge is 2.22. The van der Waals surface area contributed by atoms with Crippen LogP contribution in [-0.2, 0) is 4.18 Å². The lowest BCUT2D eigenvalue weighted by atomic mass is 9.78. The summed E-state index contributed by atoms with van der Waals surface area (Å²) in [6.07, 6.45) is 13.8. The summed E-state index contributed by atoms with van der Waals surface area (Å²) in [5, 5.41) is 15.1. The molecule has 3 rings (SSSR count). The molecule has 1 atom stereocenters. The summed E-state index contributed by atoms with van der Waals surface area (Å²) in [5.74, 6) is 2.04. The predicted molar refractivity (Wildman–Crippen MR) is 131 cm³/mol. The molecule has 2 saturated carbocycles. The second-order valence-electron chi connectivity index (χ2n) is 8.45. The molecule has 0 aromatic carbocycles. The van der Waals surface area contributed by atoms with E-state index in [0.29, 0.717) is 23.6 Å². The van der Waals surface area contributed by atoms with E-state index in [9.17, 15) is 5.11 Å². The minimum Gasteiger partial charge on any atom is -0.396 e. The fourth-order valence-corrected chi connectivity index (χ4v) is 5.26. The Hall–Kier alpha value is -0.600. The van der Waals surface area contributed by atoms with Crippen LogP contribution >= 0.6 is 36.5 Å². The van der Waals surface area contributed by atoms with E-state index in [1.165, 1.54) is 63.6 Å². The van der Waals surface area contributed by atoms with E-state index in [0.717, 1.165) is 35.8 Å². The van der Waals surface area contributed by atoms with Crippen LogP contribution in [0, 0.1) is 11.8 Å². The Bertz CT molecular complexity index is 682. The number of hydrogen-bond acceptors (Lipinski definition) is 7. The van der Waals surface area contributed by atoms with Gasteiger partial charge >= 0.3 is 0 Å². The monoisotopic (exact) mass is 471 g/mol. The van der Waals surface area contributed by atoms with Gasteiger partial charge in [-0.05, 0) is 49.0 Å². The second-order valence-corrected chi connectivity index (χ2v) is 9.72. The molecule has 0 radical (unpaired) electrons. The van der Waals surface area contributed by atoms with Crippen LogP contribution in [0.1, 0.15) is 69.8 Å². The second kappa shape index (κ2) is 13.1. The van der Waals surface area contributed by atoms with E-state index in [1.807, 2.05) is 6.07 Å². The summed E-state index contributed by atoms with van der Waals surface area (Å²) < 4.78 is 9.02. The molecular formula is C22H34ClN3O2S2. The maximum atomic E-state index is 9.32. The number of aromatic nitrogens is 1. The maximum absolute atomic E-state index is 9.32. The van der Waals surface area contributed by atoms with E-state index in [-0.39, 0.29) is 6.61 Å². The number of hydrogen-bond donors (Lipinski definition) is 4. The van der Waals surface area contributed by atoms with Gasteiger partial charge in [0, 0.05) is 24.4 Å². The maximum Gasteiger partial charge on any atom is 0.126 e. The van der Waals surface area contributed by atoms with Crippen LogP contribution in [0.5, 0.6) is 0 Å². The zero-order valence-corrected chi connectivity index (χ0v) is 20.0. The van der Waals surface area contributed by atoms with Gasteiger partial charge in [-0.2, -0.15) is 0 Å². The number of anilines is 1. The first-order valence-electron chi connectivity index (χ1n) is 11.1. The van der Waals surface area contributed by atoms with Crippen LogP contribution in [0.2, 0.25) is 5.02 Å². The van der Waals surface area contributed by atoms with E-state index in [2.05, 4.69) is 27.7 Å². The van der Waals surface area contributed by atoms with Crippen molar-refractivity contribution in [2.24, 2.45) is 11.8 Å². The quantitative estimate of drug-likeness (QED) is 0.128. The zero-order chi connectivity index (χ0) is 21.2. The molecule has 2 fully saturated rings. The summed E-state index contributed by atoms with van der Waals surface area (Å²) >= 11 is 12.0. The molecule has 3 N–H and O–H groups in total. The molecule has 5 nitrogen and oxygen atoms in total. The average Bonchev–Trinajstić information content (AvgIpc) is 2.73. The average molecular weight is 472 g/mol. The van der Waals surface area contributed by atoms with Crippen LogP contribution < -0.4 is 10.0 Å². The summed E-state index contributed by atoms with van der Waals surface area (Å²) in [7, 11) is 0. The van der Waals surface area contributed by atoms with E-state index in [4.69, 9.17) is 15.8 Å². The smallest absolute Gasteiger partial charge is 0.126 e. The molecule has 2 aliphatic carbocycles. The van der Waals surface area contributed by atoms with Crippen molar-refractivity contribution in [3.05, 3.63) is 28.3 Å². The third-order valence-electron chi connectivity index (χ3n) is 6.17. The number of aliphatic hydroxyl groups is 1. The number of halogens is 1. The zero-order valence-electron chi connectivity index (χ0n) is 17.5. The van der Waals surface area contributed by atoms with Crippen molar-refractivity contribution in [1.29, 1.82) is 0 Å². The topological polar surface area (TPSA) is 66.4 Å². The van der Waals surface area contributed by atoms with Gasteiger partial charge in [0.05, 0.1) is 17.3 Å². The largest absolute Gasteiger partial charge is 0.396 e. The molecule has 0 saturated heterocycles. The van der Waals surface area contributed by atoms with Gasteiger partial charge in [0.2, 0.25) is 0 Å². The van der Waals surface area contributed by atoms with Crippen molar-refractivity contribution in [2.45, 2.75) is 70.3 Å². The molecule has 2 aliphatic rings. The van der Waals surface area contributed by atoms with E-state index in [1.54, 1.807) is 11.6 Å². The minimum atomic E-state index is 0.212. The first-order valence-corrected chi connectivity index (χ1v) is 12.7. The van der Waals surface area contributed by atoms with Crippen molar-refractivity contribution < 1.29 is 9.29 Å². The third-order valence-corrected chi connectivity index (χ3v) is 7.29. The molecule has 30 heavy (non-hydrogen) atoms. The van der Waals surface area contributed by atoms with Gasteiger partial charge in [-0.25, -0.2) is 4.98 Å². The summed E-state index contributed by atoms with van der Waals surface area (Å²) in [6, 6.07) is 2.45. The van der Waals surface area contributed by atoms with Gasteiger partial charge in [0.15, 0.2) is 0 Å². The van der Waals surface area contributed by atoms with Crippen LogP contribution in [0.3, 0.4) is 0 Å². The Balaban J connectivity index is 1.50.